The molecule has 7 heteroatoms. The summed E-state index contributed by atoms with van der Waals surface area (Å²) in [6, 6.07) is 0. The maximum atomic E-state index is 12.7. The van der Waals surface area contributed by atoms with Crippen LogP contribution in [0.2, 0.25) is 0 Å². The normalized spacial score (nSPS) is 15.2. The summed E-state index contributed by atoms with van der Waals surface area (Å²) in [6.07, 6.45) is 4.19. The molecule has 19 heavy (non-hydrogen) atoms. The number of nitrogens with one attached hydrogen (secondary N) is 1. The van der Waals surface area contributed by atoms with Crippen molar-refractivity contribution in [3.8, 4) is 0 Å². The third-order valence-corrected chi connectivity index (χ3v) is 5.36. The summed E-state index contributed by atoms with van der Waals surface area (Å²) in [5.41, 5.74) is 1.89. The molecule has 0 saturated heterocycles. The highest BCUT2D eigenvalue weighted by molar-refractivity contribution is 7.71. The second-order valence-corrected chi connectivity index (χ2v) is 6.39. The lowest BCUT2D eigenvalue weighted by atomic mass is 9.98. The van der Waals surface area contributed by atoms with Crippen molar-refractivity contribution in [3.63, 3.8) is 0 Å². The number of aromatic amines is 1. The molecule has 0 spiro atoms. The van der Waals surface area contributed by atoms with E-state index in [1.165, 1.54) is 11.3 Å². The monoisotopic (exact) mass is 292 g/mol. The third kappa shape index (κ3) is 1.37. The van der Waals surface area contributed by atoms with Crippen molar-refractivity contribution in [2.45, 2.75) is 25.7 Å². The van der Waals surface area contributed by atoms with E-state index in [9.17, 15) is 4.79 Å². The molecular formula is C12H12N4OS2. The number of fused-ring (bicyclic) bond motifs is 4. The summed E-state index contributed by atoms with van der Waals surface area (Å²) >= 11 is 6.95. The average Bonchev–Trinajstić information content (AvgIpc) is 2.91. The highest BCUT2D eigenvalue weighted by Crippen LogP contribution is 2.29. The lowest BCUT2D eigenvalue weighted by molar-refractivity contribution is 0.692. The molecule has 5 nitrogen and oxygen atoms in total. The van der Waals surface area contributed by atoms with Crippen LogP contribution in [0.15, 0.2) is 4.79 Å². The van der Waals surface area contributed by atoms with Gasteiger partial charge < -0.3 is 4.57 Å². The fourth-order valence-corrected chi connectivity index (χ4v) is 4.54. The van der Waals surface area contributed by atoms with E-state index in [0.29, 0.717) is 10.5 Å². The predicted molar refractivity (Wildman–Crippen MR) is 77.6 cm³/mol. The fourth-order valence-electron chi connectivity index (χ4n) is 2.88. The van der Waals surface area contributed by atoms with Crippen LogP contribution in [0.3, 0.4) is 0 Å². The van der Waals surface area contributed by atoms with Gasteiger partial charge in [-0.2, -0.15) is 0 Å². The molecular weight excluding hydrogens is 280 g/mol. The van der Waals surface area contributed by atoms with E-state index in [1.807, 2.05) is 16.0 Å². The molecule has 3 heterocycles. The Morgan fingerprint density at radius 3 is 3.00 bits per heavy atom. The molecule has 0 radical (unpaired) electrons. The van der Waals surface area contributed by atoms with Crippen LogP contribution in [0.1, 0.15) is 23.3 Å². The Morgan fingerprint density at radius 1 is 1.37 bits per heavy atom. The quantitative estimate of drug-likeness (QED) is 0.646. The van der Waals surface area contributed by atoms with E-state index >= 15 is 0 Å². The Morgan fingerprint density at radius 2 is 2.16 bits per heavy atom. The number of nitrogens with zero attached hydrogens (tertiary/aromatic N) is 3. The van der Waals surface area contributed by atoms with E-state index in [0.717, 1.165) is 35.2 Å². The highest BCUT2D eigenvalue weighted by atomic mass is 32.1. The molecule has 0 atom stereocenters. The van der Waals surface area contributed by atoms with Gasteiger partial charge in [0.15, 0.2) is 0 Å². The molecule has 1 aliphatic carbocycles. The fraction of sp³-hybridized carbons (Fsp3) is 0.417. The zero-order valence-electron chi connectivity index (χ0n) is 10.4. The van der Waals surface area contributed by atoms with E-state index in [2.05, 4.69) is 10.2 Å². The van der Waals surface area contributed by atoms with Gasteiger partial charge in [0.05, 0.1) is 0 Å². The first-order chi connectivity index (χ1) is 9.18. The van der Waals surface area contributed by atoms with Crippen molar-refractivity contribution >= 4 is 39.7 Å². The van der Waals surface area contributed by atoms with Gasteiger partial charge in [-0.1, -0.05) is 0 Å². The molecule has 0 fully saturated rings. The van der Waals surface area contributed by atoms with E-state index in [1.54, 1.807) is 11.3 Å². The molecule has 0 aliphatic heterocycles. The minimum Gasteiger partial charge on any atom is -0.307 e. The standard InChI is InChI=1S/C12H12N4OS2/c1-15-8-9(17)6-4-2-3-5-7(6)19-10(8)16-11(15)13-14-12(16)18/h2-5H2,1H3,(H,14,18). The number of hydrogen-bond acceptors (Lipinski definition) is 4. The first-order valence-electron chi connectivity index (χ1n) is 6.29. The van der Waals surface area contributed by atoms with Gasteiger partial charge in [0, 0.05) is 17.5 Å². The Hall–Kier alpha value is -1.47. The summed E-state index contributed by atoms with van der Waals surface area (Å²) in [5.74, 6) is 0.704. The first kappa shape index (κ1) is 11.4. The van der Waals surface area contributed by atoms with Crippen molar-refractivity contribution < 1.29 is 0 Å². The van der Waals surface area contributed by atoms with Gasteiger partial charge in [0.25, 0.3) is 0 Å². The Kier molecular flexibility index (Phi) is 2.25. The largest absolute Gasteiger partial charge is 0.307 e. The summed E-state index contributed by atoms with van der Waals surface area (Å²) in [4.78, 5) is 14.8. The van der Waals surface area contributed by atoms with Gasteiger partial charge in [-0.15, -0.1) is 16.4 Å². The molecule has 0 bridgehead atoms. The highest BCUT2D eigenvalue weighted by Gasteiger charge is 2.21. The minimum absolute atomic E-state index is 0.158. The molecule has 1 aliphatic rings. The summed E-state index contributed by atoms with van der Waals surface area (Å²) < 4.78 is 4.26. The number of H-pyrrole nitrogens is 1. The Balaban J connectivity index is 2.30. The molecule has 1 N–H and O–H groups in total. The van der Waals surface area contributed by atoms with Gasteiger partial charge in [-0.3, -0.25) is 4.79 Å². The van der Waals surface area contributed by atoms with Gasteiger partial charge in [-0.05, 0) is 37.9 Å². The van der Waals surface area contributed by atoms with Crippen molar-refractivity contribution in [2.75, 3.05) is 0 Å². The summed E-state index contributed by atoms with van der Waals surface area (Å²) in [5, 5.41) is 6.99. The number of aryl methyl sites for hydroxylation is 2. The lowest BCUT2D eigenvalue weighted by Crippen LogP contribution is -2.16. The molecule has 4 rings (SSSR count). The van der Waals surface area contributed by atoms with Crippen LogP contribution in [0, 0.1) is 4.77 Å². The van der Waals surface area contributed by atoms with Gasteiger partial charge in [-0.25, -0.2) is 9.50 Å². The number of rotatable bonds is 0. The van der Waals surface area contributed by atoms with Crippen LogP contribution >= 0.6 is 23.6 Å². The smallest absolute Gasteiger partial charge is 0.235 e. The Labute approximate surface area is 117 Å². The zero-order valence-corrected chi connectivity index (χ0v) is 12.0. The van der Waals surface area contributed by atoms with Crippen molar-refractivity contribution in [3.05, 3.63) is 25.4 Å². The van der Waals surface area contributed by atoms with Gasteiger partial charge in [0.1, 0.15) is 10.3 Å². The van der Waals surface area contributed by atoms with E-state index < -0.39 is 0 Å². The maximum absolute atomic E-state index is 12.7. The number of aromatic nitrogens is 4. The third-order valence-electron chi connectivity index (χ3n) is 3.82. The van der Waals surface area contributed by atoms with Crippen LogP contribution in [0.5, 0.6) is 0 Å². The predicted octanol–water partition coefficient (Wildman–Crippen LogP) is 2.18. The second-order valence-electron chi connectivity index (χ2n) is 4.92. The van der Waals surface area contributed by atoms with E-state index in [4.69, 9.17) is 12.2 Å². The first-order valence-corrected chi connectivity index (χ1v) is 7.51. The zero-order chi connectivity index (χ0) is 13.1. The SMILES string of the molecule is Cn1c2c(=O)c3c(sc2n2c(=S)[nH]nc12)CCCC3. The second kappa shape index (κ2) is 3.77. The van der Waals surface area contributed by atoms with Crippen molar-refractivity contribution in [1.29, 1.82) is 0 Å². The topological polar surface area (TPSA) is 55.1 Å². The van der Waals surface area contributed by atoms with Crippen molar-refractivity contribution in [1.82, 2.24) is 19.2 Å². The average molecular weight is 292 g/mol. The molecule has 3 aromatic heterocycles. The summed E-state index contributed by atoms with van der Waals surface area (Å²) in [7, 11) is 1.87. The van der Waals surface area contributed by atoms with Crippen LogP contribution in [0.25, 0.3) is 16.1 Å². The van der Waals surface area contributed by atoms with Gasteiger partial charge in [0.2, 0.25) is 16.0 Å². The Bertz CT molecular complexity index is 927. The molecule has 0 amide bonds. The molecule has 98 valence electrons. The molecule has 3 aromatic rings. The molecule has 0 aromatic carbocycles. The number of hydrogen-bond donors (Lipinski definition) is 1. The van der Waals surface area contributed by atoms with E-state index in [-0.39, 0.29) is 5.43 Å². The van der Waals surface area contributed by atoms with Crippen LogP contribution in [-0.4, -0.2) is 19.2 Å². The molecule has 0 unspecified atom stereocenters. The van der Waals surface area contributed by atoms with Crippen LogP contribution in [-0.2, 0) is 19.9 Å². The van der Waals surface area contributed by atoms with Crippen molar-refractivity contribution in [2.24, 2.45) is 7.05 Å². The number of imidazole rings is 1. The summed E-state index contributed by atoms with van der Waals surface area (Å²) in [6.45, 7) is 0. The lowest BCUT2D eigenvalue weighted by Gasteiger charge is -2.13. The van der Waals surface area contributed by atoms with Gasteiger partial charge >= 0.3 is 0 Å². The maximum Gasteiger partial charge on any atom is 0.235 e. The molecule has 0 saturated carbocycles. The van der Waals surface area contributed by atoms with Crippen LogP contribution in [0.4, 0.5) is 0 Å². The van der Waals surface area contributed by atoms with Crippen LogP contribution < -0.4 is 5.43 Å². The minimum atomic E-state index is 0.158.